The van der Waals surface area contributed by atoms with Gasteiger partial charge in [0.1, 0.15) is 0 Å². The Morgan fingerprint density at radius 2 is 0.486 bits per heavy atom. The molecule has 0 atom stereocenters. The van der Waals surface area contributed by atoms with Crippen LogP contribution in [-0.2, 0) is 33.6 Å². The molecule has 0 aromatic carbocycles. The van der Waals surface area contributed by atoms with Crippen LogP contribution < -0.4 is 0 Å². The van der Waals surface area contributed by atoms with Crippen molar-refractivity contribution in [1.82, 2.24) is 0 Å². The van der Waals surface area contributed by atoms with Gasteiger partial charge < -0.3 is 35.7 Å². The molecule has 0 saturated heterocycles. The fraction of sp³-hybridized carbons (Fsp3) is 0.571. The molecule has 14 heteroatoms. The highest BCUT2D eigenvalue weighted by molar-refractivity contribution is 5.78. The number of hydrogen-bond donors (Lipinski definition) is 7. The third-order valence-electron chi connectivity index (χ3n) is 1.99. The van der Waals surface area contributed by atoms with Gasteiger partial charge in [0.25, 0.3) is 0 Å². The molecule has 0 aromatic rings. The first-order valence-electron chi connectivity index (χ1n) is 10.1. The van der Waals surface area contributed by atoms with E-state index in [1.165, 1.54) is 0 Å². The molecular weight excluding hydrogens is 476 g/mol. The van der Waals surface area contributed by atoms with Crippen molar-refractivity contribution < 1.29 is 69.3 Å². The van der Waals surface area contributed by atoms with Crippen LogP contribution in [0.1, 0.15) is 80.1 Å². The summed E-state index contributed by atoms with van der Waals surface area (Å²) in [6, 6.07) is 0. The highest BCUT2D eigenvalue weighted by Crippen LogP contribution is 1.69. The quantitative estimate of drug-likeness (QED) is 0.240. The summed E-state index contributed by atoms with van der Waals surface area (Å²) in [5, 5.41) is 53.9. The molecule has 0 rings (SSSR count). The van der Waals surface area contributed by atoms with Crippen LogP contribution >= 0.6 is 0 Å². The predicted molar refractivity (Wildman–Crippen MR) is 125 cm³/mol. The van der Waals surface area contributed by atoms with Crippen LogP contribution in [0.4, 0.5) is 0 Å². The maximum Gasteiger partial charge on any atom is 0.327 e. The van der Waals surface area contributed by atoms with E-state index in [1.807, 2.05) is 0 Å². The molecular formula is C21H40O14. The maximum atomic E-state index is 9.37. The minimum absolute atomic E-state index is 0.222. The molecule has 0 spiro atoms. The van der Waals surface area contributed by atoms with E-state index in [4.69, 9.17) is 35.7 Å². The highest BCUT2D eigenvalue weighted by atomic mass is 16.4. The lowest BCUT2D eigenvalue weighted by molar-refractivity contribution is -0.137. The summed E-state index contributed by atoms with van der Waals surface area (Å²) in [5.41, 5.74) is 0. The molecule has 0 aliphatic carbocycles. The molecule has 0 bridgehead atoms. The predicted octanol–water partition coefficient (Wildman–Crippen LogP) is 3.14. The van der Waals surface area contributed by atoms with E-state index in [0.717, 1.165) is 6.08 Å². The van der Waals surface area contributed by atoms with Gasteiger partial charge in [-0.3, -0.25) is 28.8 Å². The van der Waals surface area contributed by atoms with E-state index < -0.39 is 41.8 Å². The summed E-state index contributed by atoms with van der Waals surface area (Å²) in [4.78, 5) is 65.5. The Morgan fingerprint density at radius 3 is 0.486 bits per heavy atom. The summed E-state index contributed by atoms with van der Waals surface area (Å²) in [6.07, 6.45) is 2.17. The standard InChI is InChI=1S/6C3H6O2.C3H4O2/c7*1-2-3(4)5/h6*2H2,1H3,(H,4,5);2H,1H2,(H,4,5). The van der Waals surface area contributed by atoms with Crippen LogP contribution in [0.3, 0.4) is 0 Å². The van der Waals surface area contributed by atoms with Gasteiger partial charge in [0, 0.05) is 44.6 Å². The van der Waals surface area contributed by atoms with Crippen molar-refractivity contribution in [2.24, 2.45) is 0 Å². The van der Waals surface area contributed by atoms with Gasteiger partial charge in [-0.1, -0.05) is 48.1 Å². The van der Waals surface area contributed by atoms with Gasteiger partial charge in [-0.2, -0.15) is 0 Å². The Morgan fingerprint density at radius 1 is 0.429 bits per heavy atom. The summed E-state index contributed by atoms with van der Waals surface area (Å²) >= 11 is 0. The number of carbonyl (C=O) groups is 7. The van der Waals surface area contributed by atoms with E-state index in [-0.39, 0.29) is 38.5 Å². The summed E-state index contributed by atoms with van der Waals surface area (Å²) in [5.74, 6) is -5.45. The van der Waals surface area contributed by atoms with E-state index in [1.54, 1.807) is 41.5 Å². The van der Waals surface area contributed by atoms with Crippen molar-refractivity contribution in [2.45, 2.75) is 80.1 Å². The van der Waals surface area contributed by atoms with Gasteiger partial charge in [0.15, 0.2) is 0 Å². The summed E-state index contributed by atoms with van der Waals surface area (Å²) < 4.78 is 0. The fourth-order valence-electron chi connectivity index (χ4n) is 0. The number of aliphatic carboxylic acids is 7. The Bertz CT molecular complexity index is 474. The molecule has 0 radical (unpaired) electrons. The van der Waals surface area contributed by atoms with Crippen molar-refractivity contribution in [1.29, 1.82) is 0 Å². The summed E-state index contributed by atoms with van der Waals surface area (Å²) in [6.45, 7) is 12.6. The van der Waals surface area contributed by atoms with E-state index in [9.17, 15) is 33.6 Å². The summed E-state index contributed by atoms with van der Waals surface area (Å²) in [7, 11) is 0. The average molecular weight is 517 g/mol. The maximum absolute atomic E-state index is 9.37. The van der Waals surface area contributed by atoms with Crippen molar-refractivity contribution in [3.8, 4) is 0 Å². The van der Waals surface area contributed by atoms with Gasteiger partial charge in [0.2, 0.25) is 0 Å². The zero-order valence-corrected chi connectivity index (χ0v) is 21.0. The first kappa shape index (κ1) is 48.5. The second-order valence-corrected chi connectivity index (χ2v) is 5.03. The van der Waals surface area contributed by atoms with Crippen LogP contribution in [0.25, 0.3) is 0 Å². The Kier molecular flexibility index (Phi) is 60.7. The second kappa shape index (κ2) is 43.8. The van der Waals surface area contributed by atoms with E-state index in [2.05, 4.69) is 6.58 Å². The van der Waals surface area contributed by atoms with Crippen molar-refractivity contribution in [3.05, 3.63) is 12.7 Å². The number of carboxylic acids is 7. The lowest BCUT2D eigenvalue weighted by atomic mass is 10.5. The van der Waals surface area contributed by atoms with E-state index >= 15 is 0 Å². The molecule has 208 valence electrons. The van der Waals surface area contributed by atoms with Crippen LogP contribution in [0.15, 0.2) is 12.7 Å². The fourth-order valence-corrected chi connectivity index (χ4v) is 0. The molecule has 0 unspecified atom stereocenters. The first-order valence-corrected chi connectivity index (χ1v) is 10.1. The average Bonchev–Trinajstić information content (AvgIpc) is 2.80. The lowest BCUT2D eigenvalue weighted by Crippen LogP contribution is -1.86. The van der Waals surface area contributed by atoms with Crippen LogP contribution in [0.5, 0.6) is 0 Å². The highest BCUT2D eigenvalue weighted by Gasteiger charge is 1.83. The van der Waals surface area contributed by atoms with Gasteiger partial charge in [-0.25, -0.2) is 4.79 Å². The molecule has 0 fully saturated rings. The number of carboxylic acid groups (broad SMARTS) is 7. The zero-order valence-electron chi connectivity index (χ0n) is 21.0. The van der Waals surface area contributed by atoms with Crippen molar-refractivity contribution in [2.75, 3.05) is 0 Å². The normalized spacial score (nSPS) is 7.26. The first-order chi connectivity index (χ1) is 15.9. The second-order valence-electron chi connectivity index (χ2n) is 5.03. The molecule has 0 aliphatic rings. The van der Waals surface area contributed by atoms with Crippen molar-refractivity contribution in [3.63, 3.8) is 0 Å². The SMILES string of the molecule is C=CC(=O)O.CCC(=O)O.CCC(=O)O.CCC(=O)O.CCC(=O)O.CCC(=O)O.CCC(=O)O. The van der Waals surface area contributed by atoms with Gasteiger partial charge in [0.05, 0.1) is 0 Å². The van der Waals surface area contributed by atoms with Crippen LogP contribution in [-0.4, -0.2) is 77.5 Å². The molecule has 0 aliphatic heterocycles. The van der Waals surface area contributed by atoms with Crippen LogP contribution in [0, 0.1) is 0 Å². The van der Waals surface area contributed by atoms with E-state index in [0.29, 0.717) is 0 Å². The third kappa shape index (κ3) is 235. The molecule has 35 heavy (non-hydrogen) atoms. The Balaban J connectivity index is -0.0000000523. The lowest BCUT2D eigenvalue weighted by Gasteiger charge is -1.71. The largest absolute Gasteiger partial charge is 0.481 e. The number of rotatable bonds is 7. The Labute approximate surface area is 204 Å². The van der Waals surface area contributed by atoms with Gasteiger partial charge in [-0.05, 0) is 0 Å². The smallest absolute Gasteiger partial charge is 0.327 e. The number of hydrogen-bond acceptors (Lipinski definition) is 7. The third-order valence-corrected chi connectivity index (χ3v) is 1.99. The molecule has 7 N–H and O–H groups in total. The molecule has 0 heterocycles. The van der Waals surface area contributed by atoms with Gasteiger partial charge >= 0.3 is 41.8 Å². The molecule has 0 amide bonds. The zero-order chi connectivity index (χ0) is 30.0. The minimum atomic E-state index is -0.981. The molecule has 0 saturated carbocycles. The monoisotopic (exact) mass is 516 g/mol. The molecule has 0 aromatic heterocycles. The minimum Gasteiger partial charge on any atom is -0.481 e. The Hall–Kier alpha value is -3.97. The molecule has 14 nitrogen and oxygen atoms in total. The van der Waals surface area contributed by atoms with Crippen LogP contribution in [0.2, 0.25) is 0 Å². The topological polar surface area (TPSA) is 261 Å². The van der Waals surface area contributed by atoms with Gasteiger partial charge in [-0.15, -0.1) is 0 Å². The van der Waals surface area contributed by atoms with Crippen molar-refractivity contribution >= 4 is 41.8 Å².